The second-order valence-electron chi connectivity index (χ2n) is 9.07. The largest absolute Gasteiger partial charge is 0.338 e. The van der Waals surface area contributed by atoms with E-state index < -0.39 is 0 Å². The van der Waals surface area contributed by atoms with Gasteiger partial charge in [-0.3, -0.25) is 9.69 Å². The SMILES string of the molecule is CC(C)c1ccc(CN2CCCC3(CCN(C4CCSCC4)C3)C2=O)cc1. The molecule has 3 nitrogen and oxygen atoms in total. The number of thioether (sulfide) groups is 1. The first-order valence-corrected chi connectivity index (χ1v) is 11.9. The fourth-order valence-corrected chi connectivity index (χ4v) is 6.26. The summed E-state index contributed by atoms with van der Waals surface area (Å²) in [6.07, 6.45) is 5.93. The fraction of sp³-hybridized carbons (Fsp3) is 0.696. The maximum atomic E-state index is 13.5. The lowest BCUT2D eigenvalue weighted by Crippen LogP contribution is -2.50. The molecule has 0 saturated carbocycles. The summed E-state index contributed by atoms with van der Waals surface area (Å²) < 4.78 is 0. The molecule has 3 aliphatic rings. The Morgan fingerprint density at radius 1 is 1.11 bits per heavy atom. The van der Waals surface area contributed by atoms with Gasteiger partial charge in [0, 0.05) is 25.7 Å². The average Bonchev–Trinajstić information content (AvgIpc) is 3.12. The second kappa shape index (κ2) is 8.16. The molecular weight excluding hydrogens is 352 g/mol. The minimum Gasteiger partial charge on any atom is -0.338 e. The molecule has 1 spiro atoms. The lowest BCUT2D eigenvalue weighted by molar-refractivity contribution is -0.146. The Hall–Kier alpha value is -1.00. The summed E-state index contributed by atoms with van der Waals surface area (Å²) >= 11 is 2.09. The Morgan fingerprint density at radius 3 is 2.56 bits per heavy atom. The first-order valence-electron chi connectivity index (χ1n) is 10.8. The molecule has 1 aromatic carbocycles. The number of amides is 1. The zero-order valence-electron chi connectivity index (χ0n) is 17.0. The van der Waals surface area contributed by atoms with Crippen LogP contribution in [0.5, 0.6) is 0 Å². The van der Waals surface area contributed by atoms with E-state index in [1.165, 1.54) is 35.5 Å². The molecule has 148 valence electrons. The summed E-state index contributed by atoms with van der Waals surface area (Å²) in [6.45, 7) is 8.28. The molecule has 0 bridgehead atoms. The van der Waals surface area contributed by atoms with E-state index in [9.17, 15) is 4.79 Å². The van der Waals surface area contributed by atoms with Crippen molar-refractivity contribution in [3.63, 3.8) is 0 Å². The van der Waals surface area contributed by atoms with Crippen molar-refractivity contribution in [2.45, 2.75) is 64.5 Å². The van der Waals surface area contributed by atoms with Crippen LogP contribution in [0, 0.1) is 5.41 Å². The fourth-order valence-electron chi connectivity index (χ4n) is 5.18. The predicted octanol–water partition coefficient (Wildman–Crippen LogP) is 4.52. The molecule has 1 atom stereocenters. The summed E-state index contributed by atoms with van der Waals surface area (Å²) in [5, 5.41) is 0. The van der Waals surface area contributed by atoms with Gasteiger partial charge >= 0.3 is 0 Å². The normalized spacial score (nSPS) is 27.8. The van der Waals surface area contributed by atoms with E-state index in [-0.39, 0.29) is 5.41 Å². The molecule has 0 aromatic heterocycles. The predicted molar refractivity (Wildman–Crippen MR) is 114 cm³/mol. The van der Waals surface area contributed by atoms with E-state index in [0.717, 1.165) is 51.5 Å². The van der Waals surface area contributed by atoms with E-state index in [0.29, 0.717) is 11.8 Å². The molecule has 0 N–H and O–H groups in total. The summed E-state index contributed by atoms with van der Waals surface area (Å²) in [4.78, 5) is 18.3. The molecule has 1 unspecified atom stereocenters. The van der Waals surface area contributed by atoms with E-state index in [4.69, 9.17) is 0 Å². The maximum Gasteiger partial charge on any atom is 0.230 e. The quantitative estimate of drug-likeness (QED) is 0.760. The highest BCUT2D eigenvalue weighted by Crippen LogP contribution is 2.42. The summed E-state index contributed by atoms with van der Waals surface area (Å²) in [6, 6.07) is 9.60. The van der Waals surface area contributed by atoms with Crippen molar-refractivity contribution in [2.24, 2.45) is 5.41 Å². The van der Waals surface area contributed by atoms with Crippen LogP contribution in [0.3, 0.4) is 0 Å². The molecule has 1 amide bonds. The van der Waals surface area contributed by atoms with E-state index in [1.54, 1.807) is 0 Å². The van der Waals surface area contributed by atoms with Crippen LogP contribution in [0.4, 0.5) is 0 Å². The molecule has 0 radical (unpaired) electrons. The molecule has 4 heteroatoms. The van der Waals surface area contributed by atoms with Crippen molar-refractivity contribution in [3.05, 3.63) is 35.4 Å². The summed E-state index contributed by atoms with van der Waals surface area (Å²) in [5.74, 6) is 3.57. The Kier molecular flexibility index (Phi) is 5.84. The van der Waals surface area contributed by atoms with Crippen LogP contribution in [0.2, 0.25) is 0 Å². The van der Waals surface area contributed by atoms with Gasteiger partial charge in [0.25, 0.3) is 0 Å². The van der Waals surface area contributed by atoms with Gasteiger partial charge in [-0.2, -0.15) is 11.8 Å². The Morgan fingerprint density at radius 2 is 1.85 bits per heavy atom. The van der Waals surface area contributed by atoms with Crippen molar-refractivity contribution in [1.82, 2.24) is 9.80 Å². The third kappa shape index (κ3) is 4.07. The van der Waals surface area contributed by atoms with Crippen molar-refractivity contribution >= 4 is 17.7 Å². The number of benzene rings is 1. The zero-order chi connectivity index (χ0) is 18.9. The number of rotatable bonds is 4. The lowest BCUT2D eigenvalue weighted by Gasteiger charge is -2.40. The minimum absolute atomic E-state index is 0.0965. The topological polar surface area (TPSA) is 23.6 Å². The molecule has 4 rings (SSSR count). The van der Waals surface area contributed by atoms with Gasteiger partial charge < -0.3 is 4.90 Å². The third-order valence-corrected chi connectivity index (χ3v) is 7.98. The van der Waals surface area contributed by atoms with Crippen LogP contribution >= 0.6 is 11.8 Å². The van der Waals surface area contributed by atoms with Crippen molar-refractivity contribution in [3.8, 4) is 0 Å². The van der Waals surface area contributed by atoms with E-state index in [1.807, 2.05) is 0 Å². The van der Waals surface area contributed by atoms with Gasteiger partial charge in [-0.05, 0) is 67.2 Å². The van der Waals surface area contributed by atoms with Gasteiger partial charge in [0.2, 0.25) is 5.91 Å². The van der Waals surface area contributed by atoms with Gasteiger partial charge in [-0.25, -0.2) is 0 Å². The summed E-state index contributed by atoms with van der Waals surface area (Å²) in [5.41, 5.74) is 2.54. The highest BCUT2D eigenvalue weighted by Gasteiger charge is 2.49. The Balaban J connectivity index is 1.41. The van der Waals surface area contributed by atoms with Crippen molar-refractivity contribution in [1.29, 1.82) is 0 Å². The number of piperidine rings is 1. The first-order chi connectivity index (χ1) is 13.1. The van der Waals surface area contributed by atoms with Crippen LogP contribution in [-0.2, 0) is 11.3 Å². The number of likely N-dealkylation sites (tertiary alicyclic amines) is 2. The van der Waals surface area contributed by atoms with Crippen LogP contribution in [-0.4, -0.2) is 52.9 Å². The standard InChI is InChI=1S/C23H34N2OS/c1-18(2)20-6-4-19(5-7-20)16-24-12-3-10-23(22(24)26)11-13-25(17-23)21-8-14-27-15-9-21/h4-7,18,21H,3,8-17H2,1-2H3. The van der Waals surface area contributed by atoms with Crippen LogP contribution in [0.15, 0.2) is 24.3 Å². The number of nitrogens with zero attached hydrogens (tertiary/aromatic N) is 2. The molecule has 0 aliphatic carbocycles. The number of carbonyl (C=O) groups is 1. The van der Waals surface area contributed by atoms with E-state index in [2.05, 4.69) is 59.7 Å². The molecule has 27 heavy (non-hydrogen) atoms. The minimum atomic E-state index is -0.0965. The van der Waals surface area contributed by atoms with E-state index >= 15 is 0 Å². The Bertz CT molecular complexity index is 653. The van der Waals surface area contributed by atoms with Gasteiger partial charge in [0.1, 0.15) is 0 Å². The monoisotopic (exact) mass is 386 g/mol. The van der Waals surface area contributed by atoms with Gasteiger partial charge in [-0.1, -0.05) is 38.1 Å². The van der Waals surface area contributed by atoms with Gasteiger partial charge in [0.15, 0.2) is 0 Å². The molecule has 1 aromatic rings. The summed E-state index contributed by atoms with van der Waals surface area (Å²) in [7, 11) is 0. The number of hydrogen-bond donors (Lipinski definition) is 0. The van der Waals surface area contributed by atoms with Gasteiger partial charge in [0.05, 0.1) is 5.41 Å². The molecule has 3 heterocycles. The molecular formula is C23H34N2OS. The van der Waals surface area contributed by atoms with Crippen LogP contribution < -0.4 is 0 Å². The third-order valence-electron chi connectivity index (χ3n) is 6.93. The highest BCUT2D eigenvalue weighted by atomic mass is 32.2. The first kappa shape index (κ1) is 19.3. The van der Waals surface area contributed by atoms with Crippen LogP contribution in [0.25, 0.3) is 0 Å². The average molecular weight is 387 g/mol. The zero-order valence-corrected chi connectivity index (χ0v) is 17.8. The molecule has 3 fully saturated rings. The molecule has 3 saturated heterocycles. The highest BCUT2D eigenvalue weighted by molar-refractivity contribution is 7.99. The maximum absolute atomic E-state index is 13.5. The second-order valence-corrected chi connectivity index (χ2v) is 10.3. The smallest absolute Gasteiger partial charge is 0.230 e. The Labute approximate surface area is 168 Å². The van der Waals surface area contributed by atoms with Gasteiger partial charge in [-0.15, -0.1) is 0 Å². The van der Waals surface area contributed by atoms with Crippen LogP contribution in [0.1, 0.15) is 63.0 Å². The number of hydrogen-bond acceptors (Lipinski definition) is 3. The molecule has 3 aliphatic heterocycles. The van der Waals surface area contributed by atoms with Crippen molar-refractivity contribution in [2.75, 3.05) is 31.1 Å². The lowest BCUT2D eigenvalue weighted by atomic mass is 9.78. The van der Waals surface area contributed by atoms with Crippen molar-refractivity contribution < 1.29 is 4.79 Å². The number of carbonyl (C=O) groups excluding carboxylic acids is 1.